The molecule has 0 amide bonds. The lowest BCUT2D eigenvalue weighted by molar-refractivity contribution is -0.137. The molecule has 0 saturated heterocycles. The van der Waals surface area contributed by atoms with Crippen LogP contribution in [0.3, 0.4) is 0 Å². The van der Waals surface area contributed by atoms with Gasteiger partial charge in [-0.2, -0.15) is 13.2 Å². The minimum atomic E-state index is -4.44. The Morgan fingerprint density at radius 3 is 2.57 bits per heavy atom. The van der Waals surface area contributed by atoms with Crippen LogP contribution in [0.25, 0.3) is 0 Å². The number of aliphatic hydroxyl groups is 1. The zero-order chi connectivity index (χ0) is 15.5. The van der Waals surface area contributed by atoms with Crippen molar-refractivity contribution >= 4 is 0 Å². The van der Waals surface area contributed by atoms with E-state index in [0.29, 0.717) is 24.1 Å². The highest BCUT2D eigenvalue weighted by Gasteiger charge is 2.31. The van der Waals surface area contributed by atoms with E-state index in [1.165, 1.54) is 6.07 Å². The maximum absolute atomic E-state index is 12.5. The Bertz CT molecular complexity index is 597. The van der Waals surface area contributed by atoms with E-state index in [-0.39, 0.29) is 5.69 Å². The Morgan fingerprint density at radius 2 is 2.00 bits per heavy atom. The van der Waals surface area contributed by atoms with Crippen LogP contribution >= 0.6 is 0 Å². The molecule has 0 spiro atoms. The van der Waals surface area contributed by atoms with E-state index < -0.39 is 17.8 Å². The quantitative estimate of drug-likeness (QED) is 0.938. The molecule has 0 saturated carbocycles. The molecule has 1 heterocycles. The molecule has 1 unspecified atom stereocenters. The molecule has 1 atom stereocenters. The van der Waals surface area contributed by atoms with Crippen molar-refractivity contribution in [3.8, 4) is 5.75 Å². The van der Waals surface area contributed by atoms with E-state index in [1.807, 2.05) is 6.92 Å². The number of aromatic nitrogens is 1. The average molecular weight is 297 g/mol. The smallest absolute Gasteiger partial charge is 0.417 e. The Morgan fingerprint density at radius 1 is 1.24 bits per heavy atom. The first-order valence-electron chi connectivity index (χ1n) is 6.35. The summed E-state index contributed by atoms with van der Waals surface area (Å²) in [5.41, 5.74) is -0.189. The lowest BCUT2D eigenvalue weighted by atomic mass is 10.1. The number of rotatable bonds is 4. The summed E-state index contributed by atoms with van der Waals surface area (Å²) in [7, 11) is 0. The van der Waals surface area contributed by atoms with Gasteiger partial charge in [-0.05, 0) is 36.8 Å². The highest BCUT2D eigenvalue weighted by molar-refractivity contribution is 5.34. The highest BCUT2D eigenvalue weighted by Crippen LogP contribution is 2.30. The molecule has 0 fully saturated rings. The molecule has 1 aromatic carbocycles. The third-order valence-corrected chi connectivity index (χ3v) is 2.88. The molecule has 0 aliphatic heterocycles. The third-order valence-electron chi connectivity index (χ3n) is 2.88. The molecule has 112 valence electrons. The second kappa shape index (κ2) is 6.13. The van der Waals surface area contributed by atoms with Crippen molar-refractivity contribution < 1.29 is 23.0 Å². The van der Waals surface area contributed by atoms with Gasteiger partial charge in [-0.15, -0.1) is 0 Å². The van der Waals surface area contributed by atoms with Crippen LogP contribution in [0.4, 0.5) is 13.2 Å². The van der Waals surface area contributed by atoms with Crippen LogP contribution in [0.15, 0.2) is 42.6 Å². The standard InChI is InChI=1S/C15H14F3NO2/c1-2-21-12-5-3-4-10(8-12)14(20)13-7-6-11(9-19-13)15(16,17)18/h3-9,14,20H,2H2,1H3. The van der Waals surface area contributed by atoms with Crippen LogP contribution in [0.2, 0.25) is 0 Å². The fourth-order valence-corrected chi connectivity index (χ4v) is 1.85. The topological polar surface area (TPSA) is 42.4 Å². The number of alkyl halides is 3. The number of benzene rings is 1. The van der Waals surface area contributed by atoms with E-state index in [4.69, 9.17) is 4.74 Å². The van der Waals surface area contributed by atoms with E-state index in [9.17, 15) is 18.3 Å². The Labute approximate surface area is 120 Å². The predicted molar refractivity (Wildman–Crippen MR) is 70.9 cm³/mol. The summed E-state index contributed by atoms with van der Waals surface area (Å²) in [5.74, 6) is 0.584. The van der Waals surface area contributed by atoms with Gasteiger partial charge in [0.2, 0.25) is 0 Å². The van der Waals surface area contributed by atoms with Crippen molar-refractivity contribution in [2.24, 2.45) is 0 Å². The molecule has 1 aromatic heterocycles. The van der Waals surface area contributed by atoms with Gasteiger partial charge in [-0.25, -0.2) is 0 Å². The van der Waals surface area contributed by atoms with Gasteiger partial charge >= 0.3 is 6.18 Å². The van der Waals surface area contributed by atoms with Crippen molar-refractivity contribution in [3.05, 3.63) is 59.4 Å². The monoisotopic (exact) mass is 297 g/mol. The third kappa shape index (κ3) is 3.72. The first-order chi connectivity index (χ1) is 9.91. The van der Waals surface area contributed by atoms with Gasteiger partial charge in [0.15, 0.2) is 0 Å². The molecule has 0 bridgehead atoms. The lowest BCUT2D eigenvalue weighted by Gasteiger charge is -2.13. The van der Waals surface area contributed by atoms with E-state index in [1.54, 1.807) is 24.3 Å². The summed E-state index contributed by atoms with van der Waals surface area (Å²) >= 11 is 0. The maximum Gasteiger partial charge on any atom is 0.417 e. The van der Waals surface area contributed by atoms with E-state index in [0.717, 1.165) is 6.07 Å². The first-order valence-corrected chi connectivity index (χ1v) is 6.35. The Kier molecular flexibility index (Phi) is 4.47. The Balaban J connectivity index is 2.23. The van der Waals surface area contributed by atoms with Crippen molar-refractivity contribution in [2.45, 2.75) is 19.2 Å². The minimum Gasteiger partial charge on any atom is -0.494 e. The number of aliphatic hydroxyl groups excluding tert-OH is 1. The molecule has 0 aliphatic carbocycles. The van der Waals surface area contributed by atoms with Crippen molar-refractivity contribution in [1.82, 2.24) is 4.98 Å². The second-order valence-electron chi connectivity index (χ2n) is 4.38. The number of pyridine rings is 1. The van der Waals surface area contributed by atoms with Crippen LogP contribution in [0, 0.1) is 0 Å². The van der Waals surface area contributed by atoms with Gasteiger partial charge in [0.25, 0.3) is 0 Å². The number of hydrogen-bond acceptors (Lipinski definition) is 3. The molecule has 6 heteroatoms. The number of halogens is 3. The Hall–Kier alpha value is -2.08. The summed E-state index contributed by atoms with van der Waals surface area (Å²) < 4.78 is 42.7. The summed E-state index contributed by atoms with van der Waals surface area (Å²) in [6, 6.07) is 8.80. The van der Waals surface area contributed by atoms with E-state index >= 15 is 0 Å². The van der Waals surface area contributed by atoms with Crippen molar-refractivity contribution in [1.29, 1.82) is 0 Å². The van der Waals surface area contributed by atoms with E-state index in [2.05, 4.69) is 4.98 Å². The van der Waals surface area contributed by atoms with Crippen LogP contribution in [0.5, 0.6) is 5.75 Å². The molecule has 3 nitrogen and oxygen atoms in total. The summed E-state index contributed by atoms with van der Waals surface area (Å²) in [5, 5.41) is 10.2. The van der Waals surface area contributed by atoms with Crippen LogP contribution < -0.4 is 4.74 Å². The lowest BCUT2D eigenvalue weighted by Crippen LogP contribution is -2.08. The zero-order valence-corrected chi connectivity index (χ0v) is 11.3. The fourth-order valence-electron chi connectivity index (χ4n) is 1.85. The summed E-state index contributed by atoms with van der Waals surface area (Å²) in [4.78, 5) is 3.69. The van der Waals surface area contributed by atoms with Gasteiger partial charge in [0.05, 0.1) is 17.9 Å². The van der Waals surface area contributed by atoms with Crippen LogP contribution in [-0.2, 0) is 6.18 Å². The largest absolute Gasteiger partial charge is 0.494 e. The molecule has 2 aromatic rings. The van der Waals surface area contributed by atoms with Crippen molar-refractivity contribution in [2.75, 3.05) is 6.61 Å². The zero-order valence-electron chi connectivity index (χ0n) is 11.3. The normalized spacial score (nSPS) is 13.0. The van der Waals surface area contributed by atoms with Gasteiger partial charge in [-0.1, -0.05) is 12.1 Å². The average Bonchev–Trinajstić information content (AvgIpc) is 2.46. The maximum atomic E-state index is 12.5. The first kappa shape index (κ1) is 15.3. The fraction of sp³-hybridized carbons (Fsp3) is 0.267. The summed E-state index contributed by atoms with van der Waals surface area (Å²) in [6.45, 7) is 2.32. The number of nitrogens with zero attached hydrogens (tertiary/aromatic N) is 1. The highest BCUT2D eigenvalue weighted by atomic mass is 19.4. The molecular formula is C15H14F3NO2. The van der Waals surface area contributed by atoms with Gasteiger partial charge in [0.1, 0.15) is 11.9 Å². The predicted octanol–water partition coefficient (Wildman–Crippen LogP) is 3.58. The molecule has 21 heavy (non-hydrogen) atoms. The summed E-state index contributed by atoms with van der Waals surface area (Å²) in [6.07, 6.45) is -4.83. The SMILES string of the molecule is CCOc1cccc(C(O)c2ccc(C(F)(F)F)cn2)c1. The van der Waals surface area contributed by atoms with Crippen molar-refractivity contribution in [3.63, 3.8) is 0 Å². The van der Waals surface area contributed by atoms with Crippen LogP contribution in [0.1, 0.15) is 29.8 Å². The molecule has 1 N–H and O–H groups in total. The number of hydrogen-bond donors (Lipinski definition) is 1. The molecule has 0 aliphatic rings. The second-order valence-corrected chi connectivity index (χ2v) is 4.38. The molecule has 2 rings (SSSR count). The number of ether oxygens (including phenoxy) is 1. The minimum absolute atomic E-state index is 0.150. The van der Waals surface area contributed by atoms with Gasteiger partial charge in [-0.3, -0.25) is 4.98 Å². The molecular weight excluding hydrogens is 283 g/mol. The molecule has 0 radical (unpaired) electrons. The van der Waals surface area contributed by atoms with Gasteiger partial charge < -0.3 is 9.84 Å². The van der Waals surface area contributed by atoms with Crippen LogP contribution in [-0.4, -0.2) is 16.7 Å². The van der Waals surface area contributed by atoms with Gasteiger partial charge in [0, 0.05) is 6.20 Å².